The second-order valence-corrected chi connectivity index (χ2v) is 5.97. The lowest BCUT2D eigenvalue weighted by Crippen LogP contribution is -2.59. The van der Waals surface area contributed by atoms with E-state index in [4.69, 9.17) is 9.47 Å². The Hall–Kier alpha value is -1.61. The summed E-state index contributed by atoms with van der Waals surface area (Å²) in [5.74, 6) is 0.665. The first-order valence-corrected chi connectivity index (χ1v) is 7.18. The molecule has 0 aromatic heterocycles. The van der Waals surface area contributed by atoms with Crippen LogP contribution in [0.15, 0.2) is 18.2 Å². The number of likely N-dealkylation sites (N-methyl/N-ethyl adjacent to an activating group) is 1. The van der Waals surface area contributed by atoms with E-state index >= 15 is 0 Å². The third kappa shape index (κ3) is 2.40. The molecule has 2 fully saturated rings. The van der Waals surface area contributed by atoms with Crippen LogP contribution in [0.4, 0.5) is 0 Å². The Morgan fingerprint density at radius 1 is 1.38 bits per heavy atom. The van der Waals surface area contributed by atoms with Gasteiger partial charge in [-0.15, -0.1) is 0 Å². The summed E-state index contributed by atoms with van der Waals surface area (Å²) in [5.41, 5.74) is 0.196. The molecule has 0 aliphatic carbocycles. The fourth-order valence-electron chi connectivity index (χ4n) is 3.49. The highest BCUT2D eigenvalue weighted by atomic mass is 16.5. The van der Waals surface area contributed by atoms with E-state index in [9.17, 15) is 10.4 Å². The number of benzene rings is 1. The number of aliphatic hydroxyl groups is 1. The zero-order valence-corrected chi connectivity index (χ0v) is 12.4. The maximum absolute atomic E-state index is 11.2. The van der Waals surface area contributed by atoms with Gasteiger partial charge < -0.3 is 14.6 Å². The molecule has 112 valence electrons. The molecule has 2 aliphatic rings. The fourth-order valence-corrected chi connectivity index (χ4v) is 3.49. The van der Waals surface area contributed by atoms with Crippen molar-refractivity contribution in [3.05, 3.63) is 29.3 Å². The van der Waals surface area contributed by atoms with Gasteiger partial charge in [0.15, 0.2) is 0 Å². The monoisotopic (exact) mass is 288 g/mol. The zero-order chi connectivity index (χ0) is 15.0. The van der Waals surface area contributed by atoms with Crippen LogP contribution < -0.4 is 4.74 Å². The van der Waals surface area contributed by atoms with E-state index in [0.29, 0.717) is 42.9 Å². The molecule has 0 amide bonds. The first kappa shape index (κ1) is 14.3. The number of methoxy groups -OCH3 is 1. The maximum atomic E-state index is 11.2. The van der Waals surface area contributed by atoms with Crippen molar-refractivity contribution in [1.29, 1.82) is 5.26 Å². The molecule has 5 nitrogen and oxygen atoms in total. The quantitative estimate of drug-likeness (QED) is 0.887. The summed E-state index contributed by atoms with van der Waals surface area (Å²) < 4.78 is 10.8. The van der Waals surface area contributed by atoms with Crippen LogP contribution in [0.5, 0.6) is 5.75 Å². The molecule has 2 heterocycles. The van der Waals surface area contributed by atoms with Gasteiger partial charge in [0.2, 0.25) is 0 Å². The molecular weight excluding hydrogens is 268 g/mol. The van der Waals surface area contributed by atoms with Gasteiger partial charge >= 0.3 is 0 Å². The van der Waals surface area contributed by atoms with Crippen molar-refractivity contribution in [2.45, 2.75) is 30.5 Å². The van der Waals surface area contributed by atoms with Gasteiger partial charge in [-0.2, -0.15) is 5.26 Å². The van der Waals surface area contributed by atoms with Gasteiger partial charge in [0.05, 0.1) is 37.6 Å². The van der Waals surface area contributed by atoms with Gasteiger partial charge in [-0.3, -0.25) is 4.90 Å². The van der Waals surface area contributed by atoms with E-state index < -0.39 is 5.60 Å². The first-order valence-electron chi connectivity index (χ1n) is 7.18. The number of hydrogen-bond donors (Lipinski definition) is 1. The number of morpholine rings is 1. The number of nitriles is 1. The number of piperidine rings is 1. The Labute approximate surface area is 124 Å². The third-order valence-corrected chi connectivity index (χ3v) is 4.77. The van der Waals surface area contributed by atoms with Crippen molar-refractivity contribution >= 4 is 0 Å². The van der Waals surface area contributed by atoms with Gasteiger partial charge in [-0.05, 0) is 38.1 Å². The van der Waals surface area contributed by atoms with Crippen LogP contribution in [0.3, 0.4) is 0 Å². The van der Waals surface area contributed by atoms with Crippen LogP contribution in [0.1, 0.15) is 24.0 Å². The third-order valence-electron chi connectivity index (χ3n) is 4.77. The van der Waals surface area contributed by atoms with E-state index in [-0.39, 0.29) is 12.1 Å². The average Bonchev–Trinajstić information content (AvgIpc) is 2.48. The van der Waals surface area contributed by atoms with E-state index in [2.05, 4.69) is 18.0 Å². The van der Waals surface area contributed by atoms with E-state index in [1.54, 1.807) is 25.3 Å². The highest BCUT2D eigenvalue weighted by molar-refractivity contribution is 5.46. The highest BCUT2D eigenvalue weighted by Crippen LogP contribution is 2.42. The molecule has 21 heavy (non-hydrogen) atoms. The van der Waals surface area contributed by atoms with E-state index in [1.165, 1.54) is 0 Å². The molecule has 0 radical (unpaired) electrons. The standard InChI is InChI=1S/C16H20N2O3/c1-18-12-6-16(19,7-13(18)10-21-9-12)15-5-14(20-2)4-3-11(15)8-17/h3-5,12-13,19H,6-7,9-10H2,1-2H3. The summed E-state index contributed by atoms with van der Waals surface area (Å²) in [4.78, 5) is 2.28. The van der Waals surface area contributed by atoms with Gasteiger partial charge in [0, 0.05) is 17.6 Å². The van der Waals surface area contributed by atoms with Crippen molar-refractivity contribution < 1.29 is 14.6 Å². The molecule has 2 atom stereocenters. The van der Waals surface area contributed by atoms with Crippen LogP contribution in [-0.4, -0.2) is 49.5 Å². The van der Waals surface area contributed by atoms with Crippen LogP contribution in [0.2, 0.25) is 0 Å². The topological polar surface area (TPSA) is 65.7 Å². The van der Waals surface area contributed by atoms with Crippen molar-refractivity contribution in [3.8, 4) is 11.8 Å². The summed E-state index contributed by atoms with van der Waals surface area (Å²) in [7, 11) is 3.67. The largest absolute Gasteiger partial charge is 0.497 e. The average molecular weight is 288 g/mol. The Morgan fingerprint density at radius 3 is 2.62 bits per heavy atom. The fraction of sp³-hybridized carbons (Fsp3) is 0.562. The lowest BCUT2D eigenvalue weighted by atomic mass is 9.75. The minimum atomic E-state index is -0.995. The van der Waals surface area contributed by atoms with Crippen LogP contribution in [0.25, 0.3) is 0 Å². The molecule has 2 aliphatic heterocycles. The molecule has 3 rings (SSSR count). The highest BCUT2D eigenvalue weighted by Gasteiger charge is 2.46. The van der Waals surface area contributed by atoms with Crippen LogP contribution >= 0.6 is 0 Å². The second kappa shape index (κ2) is 5.30. The normalized spacial score (nSPS) is 32.5. The smallest absolute Gasteiger partial charge is 0.119 e. The molecular formula is C16H20N2O3. The molecule has 2 saturated heterocycles. The van der Waals surface area contributed by atoms with Gasteiger partial charge in [0.25, 0.3) is 0 Å². The summed E-state index contributed by atoms with van der Waals surface area (Å²) in [5, 5.41) is 20.6. The molecule has 2 bridgehead atoms. The van der Waals surface area contributed by atoms with Gasteiger partial charge in [-0.25, -0.2) is 0 Å². The van der Waals surface area contributed by atoms with E-state index in [0.717, 1.165) is 0 Å². The van der Waals surface area contributed by atoms with Crippen molar-refractivity contribution in [3.63, 3.8) is 0 Å². The van der Waals surface area contributed by atoms with Crippen molar-refractivity contribution in [1.82, 2.24) is 4.90 Å². The van der Waals surface area contributed by atoms with Gasteiger partial charge in [-0.1, -0.05) is 0 Å². The van der Waals surface area contributed by atoms with E-state index in [1.807, 2.05) is 0 Å². The lowest BCUT2D eigenvalue weighted by Gasteiger charge is -2.50. The summed E-state index contributed by atoms with van der Waals surface area (Å²) in [6.45, 7) is 1.25. The SMILES string of the molecule is COc1ccc(C#N)c(C2(O)CC3COCC(C2)N3C)c1. The number of nitrogens with zero attached hydrogens (tertiary/aromatic N) is 2. The molecule has 1 N–H and O–H groups in total. The number of rotatable bonds is 2. The van der Waals surface area contributed by atoms with Gasteiger partial charge in [0.1, 0.15) is 5.75 Å². The van der Waals surface area contributed by atoms with Crippen molar-refractivity contribution in [2.24, 2.45) is 0 Å². The molecule has 2 unspecified atom stereocenters. The number of hydrogen-bond acceptors (Lipinski definition) is 5. The minimum Gasteiger partial charge on any atom is -0.497 e. The predicted octanol–water partition coefficient (Wildman–Crippen LogP) is 1.25. The molecule has 0 spiro atoms. The Kier molecular flexibility index (Phi) is 3.62. The molecule has 1 aromatic rings. The summed E-state index contributed by atoms with van der Waals surface area (Å²) >= 11 is 0. The minimum absolute atomic E-state index is 0.181. The number of fused-ring (bicyclic) bond motifs is 2. The predicted molar refractivity (Wildman–Crippen MR) is 77.0 cm³/mol. The first-order chi connectivity index (χ1) is 10.1. The van der Waals surface area contributed by atoms with Crippen LogP contribution in [-0.2, 0) is 10.3 Å². The second-order valence-electron chi connectivity index (χ2n) is 5.97. The molecule has 0 saturated carbocycles. The maximum Gasteiger partial charge on any atom is 0.119 e. The van der Waals surface area contributed by atoms with Crippen molar-refractivity contribution in [2.75, 3.05) is 27.4 Å². The Morgan fingerprint density at radius 2 is 2.05 bits per heavy atom. The Bertz CT molecular complexity index is 567. The number of ether oxygens (including phenoxy) is 2. The van der Waals surface area contributed by atoms with Crippen LogP contribution in [0, 0.1) is 11.3 Å². The zero-order valence-electron chi connectivity index (χ0n) is 12.4. The molecule has 5 heteroatoms. The molecule has 1 aromatic carbocycles. The summed E-state index contributed by atoms with van der Waals surface area (Å²) in [6.07, 6.45) is 1.14. The lowest BCUT2D eigenvalue weighted by molar-refractivity contribution is -0.137. The Balaban J connectivity index is 2.01. The summed E-state index contributed by atoms with van der Waals surface area (Å²) in [6, 6.07) is 7.81.